The van der Waals surface area contributed by atoms with Gasteiger partial charge < -0.3 is 9.64 Å². The van der Waals surface area contributed by atoms with E-state index in [4.69, 9.17) is 4.74 Å². The molecule has 0 saturated heterocycles. The summed E-state index contributed by atoms with van der Waals surface area (Å²) in [6.45, 7) is 3.98. The molecule has 2 aliphatic carbocycles. The summed E-state index contributed by atoms with van der Waals surface area (Å²) in [6.07, 6.45) is 4.41. The first-order valence-corrected chi connectivity index (χ1v) is 7.30. The van der Waals surface area contributed by atoms with Crippen molar-refractivity contribution >= 4 is 17.4 Å². The molecule has 22 heavy (non-hydrogen) atoms. The van der Waals surface area contributed by atoms with Crippen LogP contribution in [0.2, 0.25) is 0 Å². The molecule has 0 unspecified atom stereocenters. The summed E-state index contributed by atoms with van der Waals surface area (Å²) in [6, 6.07) is 7.36. The zero-order chi connectivity index (χ0) is 15.9. The molecule has 0 spiro atoms. The number of anilines is 1. The van der Waals surface area contributed by atoms with Gasteiger partial charge in [0, 0.05) is 18.7 Å². The van der Waals surface area contributed by atoms with Crippen LogP contribution in [0, 0.1) is 11.3 Å². The van der Waals surface area contributed by atoms with Crippen LogP contribution in [-0.2, 0) is 9.59 Å². The largest absolute Gasteiger partial charge is 0.497 e. The Hall–Kier alpha value is -2.36. The molecule has 2 atom stereocenters. The maximum absolute atomic E-state index is 13.0. The van der Waals surface area contributed by atoms with Crippen LogP contribution in [0.5, 0.6) is 5.75 Å². The molecule has 0 radical (unpaired) electrons. The highest BCUT2D eigenvalue weighted by atomic mass is 16.5. The van der Waals surface area contributed by atoms with E-state index in [1.165, 1.54) is 0 Å². The van der Waals surface area contributed by atoms with Gasteiger partial charge in [-0.15, -0.1) is 0 Å². The Kier molecular flexibility index (Phi) is 3.39. The lowest BCUT2D eigenvalue weighted by atomic mass is 9.79. The summed E-state index contributed by atoms with van der Waals surface area (Å²) in [5.41, 5.74) is 1.05. The Balaban J connectivity index is 1.88. The molecule has 0 aliphatic heterocycles. The highest BCUT2D eigenvalue weighted by Gasteiger charge is 2.50. The van der Waals surface area contributed by atoms with Gasteiger partial charge in [0.15, 0.2) is 5.78 Å². The lowest BCUT2D eigenvalue weighted by molar-refractivity contribution is -0.126. The zero-order valence-electron chi connectivity index (χ0n) is 12.8. The average Bonchev–Trinajstić information content (AvgIpc) is 2.84. The Morgan fingerprint density at radius 3 is 2.68 bits per heavy atom. The van der Waals surface area contributed by atoms with E-state index in [2.05, 4.69) is 6.58 Å². The minimum absolute atomic E-state index is 0.00469. The molecule has 4 nitrogen and oxygen atoms in total. The molecular weight excluding hydrogens is 278 g/mol. The van der Waals surface area contributed by atoms with Crippen LogP contribution in [0.25, 0.3) is 0 Å². The standard InChI is InChI=1S/C18H19NO3/c1-12-10-18(9-8-16(20)15(12)11-18)17(21)19(2)13-4-6-14(22-3)7-5-13/h4-9,15H,1,10-11H2,2-3H3/t15-,18+/m1/s1. The molecule has 114 valence electrons. The number of fused-ring (bicyclic) bond motifs is 2. The second kappa shape index (κ2) is 5.13. The molecular formula is C18H19NO3. The van der Waals surface area contributed by atoms with Crippen molar-refractivity contribution in [3.8, 4) is 5.75 Å². The van der Waals surface area contributed by atoms with Crippen molar-refractivity contribution in [1.82, 2.24) is 0 Å². The number of benzene rings is 1. The summed E-state index contributed by atoms with van der Waals surface area (Å²) in [4.78, 5) is 26.5. The lowest BCUT2D eigenvalue weighted by Crippen LogP contribution is -2.41. The molecule has 1 fully saturated rings. The van der Waals surface area contributed by atoms with Crippen LogP contribution < -0.4 is 9.64 Å². The summed E-state index contributed by atoms with van der Waals surface area (Å²) in [7, 11) is 3.37. The number of carbonyl (C=O) groups excluding carboxylic acids is 2. The van der Waals surface area contributed by atoms with E-state index in [0.29, 0.717) is 12.8 Å². The maximum atomic E-state index is 13.0. The molecule has 2 aliphatic rings. The van der Waals surface area contributed by atoms with Gasteiger partial charge in [-0.05, 0) is 43.2 Å². The second-order valence-corrected chi connectivity index (χ2v) is 6.05. The van der Waals surface area contributed by atoms with E-state index in [0.717, 1.165) is 17.0 Å². The molecule has 0 heterocycles. The highest BCUT2D eigenvalue weighted by Crippen LogP contribution is 2.50. The van der Waals surface area contributed by atoms with Crippen molar-refractivity contribution in [2.45, 2.75) is 12.8 Å². The molecule has 1 amide bonds. The van der Waals surface area contributed by atoms with Gasteiger partial charge in [-0.1, -0.05) is 18.2 Å². The quantitative estimate of drug-likeness (QED) is 0.806. The number of carbonyl (C=O) groups is 2. The lowest BCUT2D eigenvalue weighted by Gasteiger charge is -2.31. The first-order valence-electron chi connectivity index (χ1n) is 7.30. The van der Waals surface area contributed by atoms with E-state index >= 15 is 0 Å². The summed E-state index contributed by atoms with van der Waals surface area (Å²) in [5.74, 6) is 0.626. The minimum Gasteiger partial charge on any atom is -0.497 e. The molecule has 3 rings (SSSR count). The van der Waals surface area contributed by atoms with Gasteiger partial charge in [-0.25, -0.2) is 0 Å². The summed E-state index contributed by atoms with van der Waals surface area (Å²) < 4.78 is 5.14. The number of ketones is 1. The van der Waals surface area contributed by atoms with Crippen LogP contribution in [0.1, 0.15) is 12.8 Å². The van der Waals surface area contributed by atoms with Gasteiger partial charge in [0.2, 0.25) is 5.91 Å². The normalized spacial score (nSPS) is 26.2. The maximum Gasteiger partial charge on any atom is 0.237 e. The molecule has 2 bridgehead atoms. The smallest absolute Gasteiger partial charge is 0.237 e. The van der Waals surface area contributed by atoms with Gasteiger partial charge >= 0.3 is 0 Å². The van der Waals surface area contributed by atoms with E-state index < -0.39 is 5.41 Å². The van der Waals surface area contributed by atoms with Crippen molar-refractivity contribution in [1.29, 1.82) is 0 Å². The highest BCUT2D eigenvalue weighted by molar-refractivity contribution is 6.04. The van der Waals surface area contributed by atoms with Crippen LogP contribution in [0.3, 0.4) is 0 Å². The fraction of sp³-hybridized carbons (Fsp3) is 0.333. The average molecular weight is 297 g/mol. The van der Waals surface area contributed by atoms with E-state index in [1.54, 1.807) is 31.2 Å². The zero-order valence-corrected chi connectivity index (χ0v) is 12.8. The minimum atomic E-state index is -0.621. The molecule has 1 aromatic carbocycles. The Morgan fingerprint density at radius 1 is 1.36 bits per heavy atom. The molecule has 4 heteroatoms. The Labute approximate surface area is 130 Å². The summed E-state index contributed by atoms with van der Waals surface area (Å²) in [5, 5.41) is 0. The van der Waals surface area contributed by atoms with Crippen LogP contribution >= 0.6 is 0 Å². The topological polar surface area (TPSA) is 46.6 Å². The number of methoxy groups -OCH3 is 1. The van der Waals surface area contributed by atoms with Crippen LogP contribution in [0.4, 0.5) is 5.69 Å². The van der Waals surface area contributed by atoms with Crippen molar-refractivity contribution in [3.05, 3.63) is 48.6 Å². The first kappa shape index (κ1) is 14.6. The number of rotatable bonds is 3. The Bertz CT molecular complexity index is 674. The Morgan fingerprint density at radius 2 is 2.05 bits per heavy atom. The fourth-order valence-corrected chi connectivity index (χ4v) is 3.39. The van der Waals surface area contributed by atoms with Crippen LogP contribution in [0.15, 0.2) is 48.6 Å². The van der Waals surface area contributed by atoms with Gasteiger partial charge in [0.05, 0.1) is 12.5 Å². The van der Waals surface area contributed by atoms with Crippen LogP contribution in [-0.4, -0.2) is 25.8 Å². The molecule has 1 aromatic rings. The van der Waals surface area contributed by atoms with E-state index in [9.17, 15) is 9.59 Å². The fourth-order valence-electron chi connectivity index (χ4n) is 3.39. The first-order chi connectivity index (χ1) is 10.5. The molecule has 1 saturated carbocycles. The monoisotopic (exact) mass is 297 g/mol. The predicted octanol–water partition coefficient (Wildman–Crippen LogP) is 2.75. The number of amides is 1. The van der Waals surface area contributed by atoms with E-state index in [1.807, 2.05) is 24.3 Å². The third kappa shape index (κ3) is 2.15. The summed E-state index contributed by atoms with van der Waals surface area (Å²) >= 11 is 0. The number of hydrogen-bond donors (Lipinski definition) is 0. The van der Waals surface area contributed by atoms with Gasteiger partial charge in [0.1, 0.15) is 5.75 Å². The number of nitrogens with zero attached hydrogens (tertiary/aromatic N) is 1. The predicted molar refractivity (Wildman–Crippen MR) is 84.8 cm³/mol. The number of allylic oxidation sites excluding steroid dienone is 2. The van der Waals surface area contributed by atoms with Gasteiger partial charge in [-0.3, -0.25) is 9.59 Å². The third-order valence-electron chi connectivity index (χ3n) is 4.70. The van der Waals surface area contributed by atoms with Gasteiger partial charge in [-0.2, -0.15) is 0 Å². The third-order valence-corrected chi connectivity index (χ3v) is 4.70. The van der Waals surface area contributed by atoms with Gasteiger partial charge in [0.25, 0.3) is 0 Å². The van der Waals surface area contributed by atoms with E-state index in [-0.39, 0.29) is 17.6 Å². The number of ether oxygens (including phenoxy) is 1. The van der Waals surface area contributed by atoms with Crippen molar-refractivity contribution in [2.24, 2.45) is 11.3 Å². The van der Waals surface area contributed by atoms with Crippen molar-refractivity contribution < 1.29 is 14.3 Å². The van der Waals surface area contributed by atoms with Crippen molar-refractivity contribution in [2.75, 3.05) is 19.1 Å². The second-order valence-electron chi connectivity index (χ2n) is 6.05. The molecule has 0 aromatic heterocycles. The SMILES string of the molecule is C=C1C[C@@]2(C(=O)N(C)c3ccc(OC)cc3)C=CC(=O)[C@@H]1C2. The molecule has 0 N–H and O–H groups in total. The number of hydrogen-bond acceptors (Lipinski definition) is 3. The van der Waals surface area contributed by atoms with Crippen molar-refractivity contribution in [3.63, 3.8) is 0 Å².